The van der Waals surface area contributed by atoms with Gasteiger partial charge in [-0.2, -0.15) is 0 Å². The minimum atomic E-state index is -0.00451. The summed E-state index contributed by atoms with van der Waals surface area (Å²) in [6.07, 6.45) is 5.62. The van der Waals surface area contributed by atoms with E-state index in [1.165, 1.54) is 0 Å². The summed E-state index contributed by atoms with van der Waals surface area (Å²) >= 11 is 3.29. The normalized spacial score (nSPS) is 18.6. The molecule has 13 heavy (non-hydrogen) atoms. The van der Waals surface area contributed by atoms with Gasteiger partial charge in [0.2, 0.25) is 0 Å². The van der Waals surface area contributed by atoms with Crippen molar-refractivity contribution >= 4 is 15.9 Å². The third-order valence-electron chi connectivity index (χ3n) is 2.31. The zero-order chi connectivity index (χ0) is 9.31. The van der Waals surface area contributed by atoms with Gasteiger partial charge in [0, 0.05) is 12.4 Å². The van der Waals surface area contributed by atoms with Crippen molar-refractivity contribution in [2.24, 2.45) is 5.90 Å². The summed E-state index contributed by atoms with van der Waals surface area (Å²) in [7, 11) is 0. The first-order valence-electron chi connectivity index (χ1n) is 4.06. The second kappa shape index (κ2) is 3.32. The average molecular weight is 244 g/mol. The number of aromatic nitrogens is 2. The molecule has 1 aromatic heterocycles. The second-order valence-electron chi connectivity index (χ2n) is 3.32. The molecule has 0 saturated heterocycles. The molecular formula is C8H10BrN3O. The van der Waals surface area contributed by atoms with E-state index in [1.54, 1.807) is 12.4 Å². The van der Waals surface area contributed by atoms with Crippen molar-refractivity contribution in [3.8, 4) is 0 Å². The maximum Gasteiger partial charge on any atom is 0.136 e. The molecule has 1 aromatic rings. The monoisotopic (exact) mass is 243 g/mol. The molecule has 1 aliphatic rings. The first kappa shape index (κ1) is 9.05. The van der Waals surface area contributed by atoms with Crippen LogP contribution in [-0.4, -0.2) is 16.6 Å². The van der Waals surface area contributed by atoms with Crippen LogP contribution in [0.5, 0.6) is 0 Å². The van der Waals surface area contributed by atoms with Crippen molar-refractivity contribution < 1.29 is 4.84 Å². The number of rotatable bonds is 3. The SMILES string of the molecule is NOCC1(c2ncc(Br)cn2)CC1. The van der Waals surface area contributed by atoms with E-state index in [-0.39, 0.29) is 5.41 Å². The molecule has 0 atom stereocenters. The lowest BCUT2D eigenvalue weighted by Crippen LogP contribution is -2.20. The lowest BCUT2D eigenvalue weighted by molar-refractivity contribution is 0.113. The first-order chi connectivity index (χ1) is 6.27. The number of hydrogen-bond acceptors (Lipinski definition) is 4. The Morgan fingerprint density at radius 2 is 2.08 bits per heavy atom. The van der Waals surface area contributed by atoms with E-state index in [0.29, 0.717) is 6.61 Å². The Hall–Kier alpha value is -0.520. The molecule has 5 heteroatoms. The maximum absolute atomic E-state index is 5.06. The van der Waals surface area contributed by atoms with Gasteiger partial charge in [0.25, 0.3) is 0 Å². The predicted molar refractivity (Wildman–Crippen MR) is 50.8 cm³/mol. The van der Waals surface area contributed by atoms with Gasteiger partial charge in [-0.1, -0.05) is 0 Å². The number of halogens is 1. The van der Waals surface area contributed by atoms with Crippen LogP contribution in [0.3, 0.4) is 0 Å². The van der Waals surface area contributed by atoms with Gasteiger partial charge >= 0.3 is 0 Å². The van der Waals surface area contributed by atoms with Crippen molar-refractivity contribution in [1.82, 2.24) is 9.97 Å². The zero-order valence-electron chi connectivity index (χ0n) is 7.03. The summed E-state index contributed by atoms with van der Waals surface area (Å²) in [4.78, 5) is 13.1. The lowest BCUT2D eigenvalue weighted by Gasteiger charge is -2.10. The molecule has 1 aliphatic carbocycles. The highest BCUT2D eigenvalue weighted by Crippen LogP contribution is 2.46. The fourth-order valence-electron chi connectivity index (χ4n) is 1.33. The topological polar surface area (TPSA) is 61.0 Å². The molecule has 2 N–H and O–H groups in total. The predicted octanol–water partition coefficient (Wildman–Crippen LogP) is 1.16. The van der Waals surface area contributed by atoms with Crippen LogP contribution in [0.15, 0.2) is 16.9 Å². The quantitative estimate of drug-likeness (QED) is 0.810. The van der Waals surface area contributed by atoms with Gasteiger partial charge in [-0.05, 0) is 28.8 Å². The summed E-state index contributed by atoms with van der Waals surface area (Å²) in [6.45, 7) is 0.509. The van der Waals surface area contributed by atoms with E-state index in [0.717, 1.165) is 23.1 Å². The molecule has 0 amide bonds. The molecule has 0 aliphatic heterocycles. The Morgan fingerprint density at radius 3 is 2.54 bits per heavy atom. The summed E-state index contributed by atoms with van der Waals surface area (Å²) in [5, 5.41) is 0. The minimum Gasteiger partial charge on any atom is -0.304 e. The van der Waals surface area contributed by atoms with Gasteiger partial charge in [-0.25, -0.2) is 15.9 Å². The highest BCUT2D eigenvalue weighted by atomic mass is 79.9. The summed E-state index contributed by atoms with van der Waals surface area (Å²) in [5.41, 5.74) is -0.00451. The summed E-state index contributed by atoms with van der Waals surface area (Å²) in [6, 6.07) is 0. The second-order valence-corrected chi connectivity index (χ2v) is 4.23. The fraction of sp³-hybridized carbons (Fsp3) is 0.500. The molecule has 0 aromatic carbocycles. The molecule has 1 heterocycles. The van der Waals surface area contributed by atoms with Crippen LogP contribution < -0.4 is 5.90 Å². The largest absolute Gasteiger partial charge is 0.304 e. The van der Waals surface area contributed by atoms with Crippen LogP contribution in [0.2, 0.25) is 0 Å². The fourth-order valence-corrected chi connectivity index (χ4v) is 1.53. The summed E-state index contributed by atoms with van der Waals surface area (Å²) in [5.74, 6) is 5.89. The van der Waals surface area contributed by atoms with E-state index in [9.17, 15) is 0 Å². The molecule has 2 rings (SSSR count). The highest BCUT2D eigenvalue weighted by Gasteiger charge is 2.47. The highest BCUT2D eigenvalue weighted by molar-refractivity contribution is 9.10. The average Bonchev–Trinajstić information content (AvgIpc) is 2.87. The molecule has 70 valence electrons. The van der Waals surface area contributed by atoms with E-state index in [4.69, 9.17) is 5.90 Å². The van der Waals surface area contributed by atoms with Gasteiger partial charge in [0.05, 0.1) is 16.5 Å². The number of nitrogens with two attached hydrogens (primary N) is 1. The van der Waals surface area contributed by atoms with Crippen LogP contribution in [-0.2, 0) is 10.3 Å². The maximum atomic E-state index is 5.06. The molecule has 1 fully saturated rings. The van der Waals surface area contributed by atoms with Crippen LogP contribution in [0.1, 0.15) is 18.7 Å². The third kappa shape index (κ3) is 1.72. The molecule has 0 spiro atoms. The van der Waals surface area contributed by atoms with Crippen molar-refractivity contribution in [2.45, 2.75) is 18.3 Å². The zero-order valence-corrected chi connectivity index (χ0v) is 8.62. The van der Waals surface area contributed by atoms with Gasteiger partial charge in [0.1, 0.15) is 5.82 Å². The van der Waals surface area contributed by atoms with Crippen LogP contribution >= 0.6 is 15.9 Å². The Labute approximate surface area is 84.6 Å². The van der Waals surface area contributed by atoms with Gasteiger partial charge in [-0.3, -0.25) is 0 Å². The molecule has 0 radical (unpaired) electrons. The smallest absolute Gasteiger partial charge is 0.136 e. The van der Waals surface area contributed by atoms with E-state index in [2.05, 4.69) is 30.7 Å². The Bertz CT molecular complexity index is 297. The molecular weight excluding hydrogens is 234 g/mol. The van der Waals surface area contributed by atoms with Crippen LogP contribution in [0, 0.1) is 0 Å². The third-order valence-corrected chi connectivity index (χ3v) is 2.72. The van der Waals surface area contributed by atoms with E-state index >= 15 is 0 Å². The number of hydrogen-bond donors (Lipinski definition) is 1. The Morgan fingerprint density at radius 1 is 1.46 bits per heavy atom. The van der Waals surface area contributed by atoms with Gasteiger partial charge < -0.3 is 4.84 Å². The Balaban J connectivity index is 2.20. The van der Waals surface area contributed by atoms with Crippen LogP contribution in [0.25, 0.3) is 0 Å². The molecule has 4 nitrogen and oxygen atoms in total. The van der Waals surface area contributed by atoms with Crippen molar-refractivity contribution in [1.29, 1.82) is 0 Å². The lowest BCUT2D eigenvalue weighted by atomic mass is 10.1. The number of nitrogens with zero attached hydrogens (tertiary/aromatic N) is 2. The van der Waals surface area contributed by atoms with Gasteiger partial charge in [-0.15, -0.1) is 0 Å². The van der Waals surface area contributed by atoms with Crippen molar-refractivity contribution in [3.63, 3.8) is 0 Å². The minimum absolute atomic E-state index is 0.00451. The summed E-state index contributed by atoms with van der Waals surface area (Å²) < 4.78 is 0.890. The molecule has 1 saturated carbocycles. The molecule has 0 unspecified atom stereocenters. The molecule has 0 bridgehead atoms. The van der Waals surface area contributed by atoms with Crippen LogP contribution in [0.4, 0.5) is 0 Å². The Kier molecular flexibility index (Phi) is 2.31. The van der Waals surface area contributed by atoms with Gasteiger partial charge in [0.15, 0.2) is 0 Å². The standard InChI is InChI=1S/C8H10BrN3O/c9-6-3-11-7(12-4-6)8(1-2-8)5-13-10/h3-4H,1-2,5,10H2. The van der Waals surface area contributed by atoms with Crippen molar-refractivity contribution in [3.05, 3.63) is 22.7 Å². The van der Waals surface area contributed by atoms with Crippen molar-refractivity contribution in [2.75, 3.05) is 6.61 Å². The van der Waals surface area contributed by atoms with E-state index < -0.39 is 0 Å². The first-order valence-corrected chi connectivity index (χ1v) is 4.86. The van der Waals surface area contributed by atoms with E-state index in [1.807, 2.05) is 0 Å².